The maximum atomic E-state index is 12.9. The number of alkyl halides is 2. The summed E-state index contributed by atoms with van der Waals surface area (Å²) in [6.45, 7) is 3.26. The van der Waals surface area contributed by atoms with Crippen molar-refractivity contribution in [2.75, 3.05) is 26.2 Å². The lowest BCUT2D eigenvalue weighted by atomic mass is 9.57. The average Bonchev–Trinajstić information content (AvgIpc) is 3.42. The van der Waals surface area contributed by atoms with Crippen molar-refractivity contribution >= 4 is 6.03 Å². The number of aromatic nitrogens is 3. The Balaban J connectivity index is 0.861. The molecule has 0 unspecified atom stereocenters. The van der Waals surface area contributed by atoms with E-state index < -0.39 is 12.3 Å². The molecular formula is C26H31F2N5O. The molecular weight excluding hydrogens is 436 g/mol. The van der Waals surface area contributed by atoms with Gasteiger partial charge in [0.1, 0.15) is 11.6 Å². The van der Waals surface area contributed by atoms with Crippen LogP contribution in [-0.2, 0) is 0 Å². The molecule has 0 bridgehead atoms. The smallest absolute Gasteiger partial charge is 0.320 e. The van der Waals surface area contributed by atoms with Crippen molar-refractivity contribution in [1.29, 1.82) is 0 Å². The standard InChI is InChI=1S/C26H31F2N5O/c27-22(28)19-7-18(8-19)15-1-3-16(4-2-15)21-11-32(12-21)25(34)33-13-26(14-33)9-20(10-26)24-29-23(30-31-24)17-5-6-17/h1-4,17-22H,5-14H2,(H,29,30,31)/t18-,19+. The Morgan fingerprint density at radius 1 is 0.882 bits per heavy atom. The van der Waals surface area contributed by atoms with Crippen molar-refractivity contribution in [1.82, 2.24) is 25.0 Å². The molecule has 0 radical (unpaired) electrons. The monoisotopic (exact) mass is 467 g/mol. The Kier molecular flexibility index (Phi) is 4.59. The molecule has 3 aliphatic carbocycles. The highest BCUT2D eigenvalue weighted by atomic mass is 19.3. The number of benzene rings is 1. The maximum absolute atomic E-state index is 12.9. The fourth-order valence-corrected chi connectivity index (χ4v) is 6.57. The molecule has 1 N–H and O–H groups in total. The van der Waals surface area contributed by atoms with E-state index in [0.29, 0.717) is 30.6 Å². The van der Waals surface area contributed by atoms with Crippen molar-refractivity contribution in [3.05, 3.63) is 47.0 Å². The highest BCUT2D eigenvalue weighted by Crippen LogP contribution is 2.56. The minimum absolute atomic E-state index is 0.171. The van der Waals surface area contributed by atoms with Gasteiger partial charge in [0.05, 0.1) is 0 Å². The second kappa shape index (κ2) is 7.49. The average molecular weight is 468 g/mol. The van der Waals surface area contributed by atoms with Crippen LogP contribution in [0.4, 0.5) is 13.6 Å². The number of aromatic amines is 1. The molecule has 5 fully saturated rings. The number of likely N-dealkylation sites (tertiary alicyclic amines) is 2. The van der Waals surface area contributed by atoms with Crippen LogP contribution < -0.4 is 0 Å². The second-order valence-electron chi connectivity index (χ2n) is 11.6. The van der Waals surface area contributed by atoms with Gasteiger partial charge >= 0.3 is 6.03 Å². The molecule has 3 heterocycles. The molecule has 34 heavy (non-hydrogen) atoms. The van der Waals surface area contributed by atoms with Crippen LogP contribution in [0.25, 0.3) is 0 Å². The topological polar surface area (TPSA) is 65.1 Å². The summed E-state index contributed by atoms with van der Waals surface area (Å²) in [6.07, 6.45) is 3.67. The number of carbonyl (C=O) groups is 1. The number of urea groups is 1. The molecule has 1 spiro atoms. The van der Waals surface area contributed by atoms with Crippen molar-refractivity contribution in [3.63, 3.8) is 0 Å². The first-order valence-electron chi connectivity index (χ1n) is 12.8. The summed E-state index contributed by atoms with van der Waals surface area (Å²) in [5.41, 5.74) is 2.71. The lowest BCUT2D eigenvalue weighted by Crippen LogP contribution is -2.67. The molecule has 2 aliphatic heterocycles. The van der Waals surface area contributed by atoms with Gasteiger partial charge in [-0.15, -0.1) is 10.2 Å². The molecule has 1 aromatic heterocycles. The Morgan fingerprint density at radius 2 is 1.47 bits per heavy atom. The first-order chi connectivity index (χ1) is 16.5. The molecule has 0 atom stereocenters. The van der Waals surface area contributed by atoms with E-state index in [4.69, 9.17) is 0 Å². The predicted molar refractivity (Wildman–Crippen MR) is 122 cm³/mol. The van der Waals surface area contributed by atoms with E-state index >= 15 is 0 Å². The highest BCUT2D eigenvalue weighted by molar-refractivity contribution is 5.77. The summed E-state index contributed by atoms with van der Waals surface area (Å²) < 4.78 is 25.4. The van der Waals surface area contributed by atoms with Crippen LogP contribution in [-0.4, -0.2) is 63.6 Å². The van der Waals surface area contributed by atoms with E-state index in [1.165, 1.54) is 24.0 Å². The number of nitrogens with zero attached hydrogens (tertiary/aromatic N) is 4. The fourth-order valence-electron chi connectivity index (χ4n) is 6.57. The highest BCUT2D eigenvalue weighted by Gasteiger charge is 2.56. The molecule has 2 aromatic rings. The quantitative estimate of drug-likeness (QED) is 0.684. The molecule has 180 valence electrons. The minimum Gasteiger partial charge on any atom is -0.328 e. The molecule has 6 nitrogen and oxygen atoms in total. The van der Waals surface area contributed by atoms with Gasteiger partial charge in [0.25, 0.3) is 0 Å². The number of halogens is 2. The van der Waals surface area contributed by atoms with Gasteiger partial charge in [-0.1, -0.05) is 24.3 Å². The number of nitrogens with one attached hydrogen (secondary N) is 1. The third kappa shape index (κ3) is 3.43. The van der Waals surface area contributed by atoms with E-state index in [9.17, 15) is 13.6 Å². The zero-order valence-corrected chi connectivity index (χ0v) is 19.3. The molecule has 8 heteroatoms. The Labute approximate surface area is 198 Å². The van der Waals surface area contributed by atoms with E-state index in [0.717, 1.165) is 50.7 Å². The summed E-state index contributed by atoms with van der Waals surface area (Å²) in [5.74, 6) is 3.41. The first kappa shape index (κ1) is 20.8. The number of amides is 2. The SMILES string of the molecule is O=C(N1CC(c2ccc([C@H]3C[C@@H](C(F)F)C3)cc2)C1)N1CC2(CC(c3nnc(C4CC4)[nH]3)C2)C1. The van der Waals surface area contributed by atoms with Crippen LogP contribution in [0.5, 0.6) is 0 Å². The third-order valence-corrected chi connectivity index (χ3v) is 9.12. The third-order valence-electron chi connectivity index (χ3n) is 9.12. The van der Waals surface area contributed by atoms with Gasteiger partial charge in [0.15, 0.2) is 0 Å². The Bertz CT molecular complexity index is 1070. The van der Waals surface area contributed by atoms with Gasteiger partial charge in [-0.2, -0.15) is 0 Å². The molecule has 2 amide bonds. The van der Waals surface area contributed by atoms with Gasteiger partial charge in [-0.05, 0) is 55.6 Å². The number of carbonyl (C=O) groups excluding carboxylic acids is 1. The lowest BCUT2D eigenvalue weighted by Gasteiger charge is -2.59. The van der Waals surface area contributed by atoms with Crippen molar-refractivity contribution in [3.8, 4) is 0 Å². The van der Waals surface area contributed by atoms with Crippen LogP contribution in [0.3, 0.4) is 0 Å². The zero-order valence-electron chi connectivity index (χ0n) is 19.3. The van der Waals surface area contributed by atoms with E-state index in [2.05, 4.69) is 39.4 Å². The Morgan fingerprint density at radius 3 is 2.06 bits per heavy atom. The van der Waals surface area contributed by atoms with Crippen LogP contribution >= 0.6 is 0 Å². The summed E-state index contributed by atoms with van der Waals surface area (Å²) in [7, 11) is 0. The summed E-state index contributed by atoms with van der Waals surface area (Å²) in [5, 5.41) is 8.69. The predicted octanol–water partition coefficient (Wildman–Crippen LogP) is 4.84. The minimum atomic E-state index is -2.19. The van der Waals surface area contributed by atoms with E-state index in [1.54, 1.807) is 0 Å². The molecule has 2 saturated heterocycles. The molecule has 5 aliphatic rings. The van der Waals surface area contributed by atoms with Crippen LogP contribution in [0.2, 0.25) is 0 Å². The summed E-state index contributed by atoms with van der Waals surface area (Å²) in [6, 6.07) is 8.62. The number of hydrogen-bond acceptors (Lipinski definition) is 3. The normalized spacial score (nSPS) is 28.4. The van der Waals surface area contributed by atoms with Gasteiger partial charge in [-0.3, -0.25) is 0 Å². The molecule has 1 aromatic carbocycles. The van der Waals surface area contributed by atoms with E-state index in [-0.39, 0.29) is 17.4 Å². The van der Waals surface area contributed by atoms with Gasteiger partial charge in [0, 0.05) is 55.3 Å². The molecule has 7 rings (SSSR count). The fraction of sp³-hybridized carbons (Fsp3) is 0.654. The van der Waals surface area contributed by atoms with Crippen LogP contribution in [0.1, 0.15) is 85.0 Å². The Hall–Kier alpha value is -2.51. The molecule has 3 saturated carbocycles. The maximum Gasteiger partial charge on any atom is 0.320 e. The summed E-state index contributed by atoms with van der Waals surface area (Å²) >= 11 is 0. The first-order valence-corrected chi connectivity index (χ1v) is 12.8. The van der Waals surface area contributed by atoms with Gasteiger partial charge in [0.2, 0.25) is 6.43 Å². The number of rotatable bonds is 5. The van der Waals surface area contributed by atoms with Crippen LogP contribution in [0.15, 0.2) is 24.3 Å². The van der Waals surface area contributed by atoms with Gasteiger partial charge < -0.3 is 14.8 Å². The van der Waals surface area contributed by atoms with Crippen LogP contribution in [0, 0.1) is 11.3 Å². The lowest BCUT2D eigenvalue weighted by molar-refractivity contribution is -0.0601. The number of H-pyrrole nitrogens is 1. The summed E-state index contributed by atoms with van der Waals surface area (Å²) in [4.78, 5) is 20.3. The second-order valence-corrected chi connectivity index (χ2v) is 11.6. The zero-order chi connectivity index (χ0) is 23.0. The van der Waals surface area contributed by atoms with Crippen molar-refractivity contribution in [2.24, 2.45) is 11.3 Å². The van der Waals surface area contributed by atoms with Crippen molar-refractivity contribution in [2.45, 2.75) is 68.6 Å². The van der Waals surface area contributed by atoms with Crippen molar-refractivity contribution < 1.29 is 13.6 Å². The van der Waals surface area contributed by atoms with Gasteiger partial charge in [-0.25, -0.2) is 13.6 Å². The largest absolute Gasteiger partial charge is 0.328 e. The number of hydrogen-bond donors (Lipinski definition) is 1. The van der Waals surface area contributed by atoms with E-state index in [1.807, 2.05) is 9.80 Å².